The quantitative estimate of drug-likeness (QED) is 0.907. The SMILES string of the molecule is CC(C)(C)S(=O)NCc1cccc(OCC(F)(F)F)c1. The molecule has 1 rings (SSSR count). The Morgan fingerprint density at radius 2 is 1.90 bits per heavy atom. The Morgan fingerprint density at radius 3 is 2.45 bits per heavy atom. The van der Waals surface area contributed by atoms with Crippen LogP contribution in [0.4, 0.5) is 13.2 Å². The first-order valence-corrected chi connectivity index (χ1v) is 7.17. The van der Waals surface area contributed by atoms with E-state index in [2.05, 4.69) is 9.46 Å². The van der Waals surface area contributed by atoms with Crippen LogP contribution in [0.5, 0.6) is 5.75 Å². The third-order valence-corrected chi connectivity index (χ3v) is 3.78. The lowest BCUT2D eigenvalue weighted by molar-refractivity contribution is -0.153. The number of ether oxygens (including phenoxy) is 1. The minimum Gasteiger partial charge on any atom is -0.484 e. The molecule has 7 heteroatoms. The minimum atomic E-state index is -4.36. The van der Waals surface area contributed by atoms with Gasteiger partial charge in [0.25, 0.3) is 0 Å². The van der Waals surface area contributed by atoms with Crippen LogP contribution < -0.4 is 9.46 Å². The van der Waals surface area contributed by atoms with E-state index in [1.54, 1.807) is 12.1 Å². The van der Waals surface area contributed by atoms with Crippen LogP contribution >= 0.6 is 0 Å². The molecule has 0 bridgehead atoms. The van der Waals surface area contributed by atoms with Crippen molar-refractivity contribution in [3.05, 3.63) is 29.8 Å². The second-order valence-corrected chi connectivity index (χ2v) is 7.30. The standard InChI is InChI=1S/C13H18F3NO2S/c1-12(2,3)20(18)17-8-10-5-4-6-11(7-10)19-9-13(14,15)16/h4-7,17H,8-9H2,1-3H3. The van der Waals surface area contributed by atoms with Gasteiger partial charge in [-0.2, -0.15) is 13.2 Å². The Kier molecular flexibility index (Phi) is 5.59. The third kappa shape index (κ3) is 6.38. The molecule has 0 fully saturated rings. The third-order valence-electron chi connectivity index (χ3n) is 2.26. The smallest absolute Gasteiger partial charge is 0.422 e. The molecular weight excluding hydrogens is 291 g/mol. The van der Waals surface area contributed by atoms with Crippen molar-refractivity contribution in [2.24, 2.45) is 0 Å². The molecule has 0 amide bonds. The Bertz CT molecular complexity index is 469. The highest BCUT2D eigenvalue weighted by atomic mass is 32.2. The van der Waals surface area contributed by atoms with Crippen molar-refractivity contribution in [2.75, 3.05) is 6.61 Å². The van der Waals surface area contributed by atoms with Gasteiger partial charge in [-0.05, 0) is 38.5 Å². The molecule has 1 unspecified atom stereocenters. The van der Waals surface area contributed by atoms with Crippen molar-refractivity contribution in [1.29, 1.82) is 0 Å². The van der Waals surface area contributed by atoms with E-state index in [0.717, 1.165) is 0 Å². The lowest BCUT2D eigenvalue weighted by Gasteiger charge is -2.18. The Labute approximate surface area is 119 Å². The van der Waals surface area contributed by atoms with Crippen LogP contribution in [-0.4, -0.2) is 21.7 Å². The summed E-state index contributed by atoms with van der Waals surface area (Å²) in [4.78, 5) is 0. The summed E-state index contributed by atoms with van der Waals surface area (Å²) in [5.74, 6) is 0.142. The fraction of sp³-hybridized carbons (Fsp3) is 0.538. The van der Waals surface area contributed by atoms with Crippen LogP contribution in [0.1, 0.15) is 26.3 Å². The first kappa shape index (κ1) is 17.0. The Hall–Kier alpha value is -1.08. The number of hydrogen-bond acceptors (Lipinski definition) is 2. The molecular formula is C13H18F3NO2S. The summed E-state index contributed by atoms with van der Waals surface area (Å²) in [6, 6.07) is 6.28. The molecule has 0 saturated carbocycles. The lowest BCUT2D eigenvalue weighted by Crippen LogP contribution is -2.32. The second-order valence-electron chi connectivity index (χ2n) is 5.25. The molecule has 0 heterocycles. The first-order chi connectivity index (χ1) is 9.08. The summed E-state index contributed by atoms with van der Waals surface area (Å²) in [5.41, 5.74) is 0.710. The molecule has 1 aromatic rings. The van der Waals surface area contributed by atoms with Gasteiger partial charge in [-0.3, -0.25) is 0 Å². The van der Waals surface area contributed by atoms with E-state index in [1.165, 1.54) is 12.1 Å². The zero-order chi connectivity index (χ0) is 15.4. The average Bonchev–Trinajstić information content (AvgIpc) is 2.32. The van der Waals surface area contributed by atoms with E-state index < -0.39 is 28.5 Å². The van der Waals surface area contributed by atoms with E-state index in [1.807, 2.05) is 20.8 Å². The number of halogens is 3. The van der Waals surface area contributed by atoms with E-state index in [0.29, 0.717) is 12.1 Å². The number of nitrogens with one attached hydrogen (secondary N) is 1. The van der Waals surface area contributed by atoms with Gasteiger partial charge in [-0.25, -0.2) is 8.93 Å². The maximum absolute atomic E-state index is 12.0. The van der Waals surface area contributed by atoms with E-state index in [4.69, 9.17) is 0 Å². The van der Waals surface area contributed by atoms with Crippen LogP contribution in [-0.2, 0) is 17.5 Å². The monoisotopic (exact) mass is 309 g/mol. The molecule has 1 atom stereocenters. The molecule has 0 aliphatic heterocycles. The van der Waals surface area contributed by atoms with Gasteiger partial charge in [0.1, 0.15) is 5.75 Å². The average molecular weight is 309 g/mol. The van der Waals surface area contributed by atoms with Crippen LogP contribution in [0.3, 0.4) is 0 Å². The molecule has 0 spiro atoms. The van der Waals surface area contributed by atoms with Gasteiger partial charge in [0, 0.05) is 6.54 Å². The maximum atomic E-state index is 12.0. The Balaban J connectivity index is 2.58. The highest BCUT2D eigenvalue weighted by molar-refractivity contribution is 7.84. The summed E-state index contributed by atoms with van der Waals surface area (Å²) in [6.07, 6.45) is -4.36. The molecule has 0 radical (unpaired) electrons. The highest BCUT2D eigenvalue weighted by Crippen LogP contribution is 2.19. The number of hydrogen-bond donors (Lipinski definition) is 1. The number of benzene rings is 1. The zero-order valence-electron chi connectivity index (χ0n) is 11.6. The molecule has 1 N–H and O–H groups in total. The van der Waals surface area contributed by atoms with Crippen molar-refractivity contribution >= 4 is 11.0 Å². The van der Waals surface area contributed by atoms with Crippen molar-refractivity contribution in [2.45, 2.75) is 38.2 Å². The minimum absolute atomic E-state index is 0.142. The largest absolute Gasteiger partial charge is 0.484 e. The lowest BCUT2D eigenvalue weighted by atomic mass is 10.2. The van der Waals surface area contributed by atoms with Gasteiger partial charge >= 0.3 is 6.18 Å². The molecule has 0 aliphatic carbocycles. The molecule has 3 nitrogen and oxygen atoms in total. The van der Waals surface area contributed by atoms with Crippen LogP contribution in [0.2, 0.25) is 0 Å². The molecule has 0 aliphatic rings. The van der Waals surface area contributed by atoms with Gasteiger partial charge in [-0.1, -0.05) is 12.1 Å². The predicted octanol–water partition coefficient (Wildman–Crippen LogP) is 3.18. The summed E-state index contributed by atoms with van der Waals surface area (Å²) in [5, 5.41) is 0. The second kappa shape index (κ2) is 6.58. The van der Waals surface area contributed by atoms with Crippen molar-refractivity contribution in [3.8, 4) is 5.75 Å². The molecule has 1 aromatic carbocycles. The van der Waals surface area contributed by atoms with Gasteiger partial charge < -0.3 is 4.74 Å². The van der Waals surface area contributed by atoms with Gasteiger partial charge in [0.2, 0.25) is 0 Å². The molecule has 0 aromatic heterocycles. The summed E-state index contributed by atoms with van der Waals surface area (Å²) in [6.45, 7) is 4.47. The Morgan fingerprint density at radius 1 is 1.25 bits per heavy atom. The highest BCUT2D eigenvalue weighted by Gasteiger charge is 2.28. The molecule has 20 heavy (non-hydrogen) atoms. The van der Waals surface area contributed by atoms with E-state index in [-0.39, 0.29) is 5.75 Å². The number of alkyl halides is 3. The fourth-order valence-corrected chi connectivity index (χ4v) is 2.01. The van der Waals surface area contributed by atoms with Crippen molar-refractivity contribution < 1.29 is 22.1 Å². The van der Waals surface area contributed by atoms with Crippen LogP contribution in [0.15, 0.2) is 24.3 Å². The molecule has 114 valence electrons. The van der Waals surface area contributed by atoms with Crippen LogP contribution in [0.25, 0.3) is 0 Å². The summed E-state index contributed by atoms with van der Waals surface area (Å²) in [7, 11) is -1.23. The normalized spacial score (nSPS) is 14.1. The first-order valence-electron chi connectivity index (χ1n) is 6.02. The van der Waals surface area contributed by atoms with Crippen molar-refractivity contribution in [1.82, 2.24) is 4.72 Å². The maximum Gasteiger partial charge on any atom is 0.422 e. The topological polar surface area (TPSA) is 38.3 Å². The van der Waals surface area contributed by atoms with Crippen LogP contribution in [0, 0.1) is 0 Å². The fourth-order valence-electron chi connectivity index (χ4n) is 1.28. The van der Waals surface area contributed by atoms with Crippen molar-refractivity contribution in [3.63, 3.8) is 0 Å². The van der Waals surface area contributed by atoms with E-state index in [9.17, 15) is 17.4 Å². The van der Waals surface area contributed by atoms with Gasteiger partial charge in [0.15, 0.2) is 6.61 Å². The zero-order valence-corrected chi connectivity index (χ0v) is 12.4. The van der Waals surface area contributed by atoms with E-state index >= 15 is 0 Å². The predicted molar refractivity (Wildman–Crippen MR) is 72.7 cm³/mol. The molecule has 0 saturated heterocycles. The summed E-state index contributed by atoms with van der Waals surface area (Å²) >= 11 is 0. The van der Waals surface area contributed by atoms with Gasteiger partial charge in [-0.15, -0.1) is 0 Å². The summed E-state index contributed by atoms with van der Waals surface area (Å²) < 4.78 is 55.0. The van der Waals surface area contributed by atoms with Gasteiger partial charge in [0.05, 0.1) is 15.7 Å². The number of rotatable bonds is 5.